The lowest BCUT2D eigenvalue weighted by Crippen LogP contribution is -2.52. The maximum Gasteiger partial charge on any atom is 0.0943 e. The summed E-state index contributed by atoms with van der Waals surface area (Å²) in [5, 5.41) is 10.2. The molecular formula is C13H20N2O. The first-order valence-electron chi connectivity index (χ1n) is 5.87. The van der Waals surface area contributed by atoms with Crippen LogP contribution in [0.15, 0.2) is 24.3 Å². The maximum absolute atomic E-state index is 10.2. The molecule has 0 aliphatic carbocycles. The molecule has 3 N–H and O–H groups in total. The Morgan fingerprint density at radius 1 is 1.50 bits per heavy atom. The molecule has 0 spiro atoms. The summed E-state index contributed by atoms with van der Waals surface area (Å²) < 4.78 is 0. The van der Waals surface area contributed by atoms with Crippen molar-refractivity contribution in [3.63, 3.8) is 0 Å². The molecule has 1 aromatic carbocycles. The van der Waals surface area contributed by atoms with Crippen molar-refractivity contribution >= 4 is 5.69 Å². The SMILES string of the molecule is Cc1cccc(N2CCCC(O)(CN)C2)c1. The van der Waals surface area contributed by atoms with Crippen LogP contribution in [0, 0.1) is 6.92 Å². The molecule has 1 aliphatic heterocycles. The Hall–Kier alpha value is -1.06. The summed E-state index contributed by atoms with van der Waals surface area (Å²) in [6, 6.07) is 8.39. The van der Waals surface area contributed by atoms with E-state index in [0.29, 0.717) is 13.1 Å². The van der Waals surface area contributed by atoms with Crippen LogP contribution < -0.4 is 10.6 Å². The van der Waals surface area contributed by atoms with Gasteiger partial charge in [0.05, 0.1) is 5.60 Å². The molecule has 1 atom stereocenters. The Balaban J connectivity index is 2.16. The Kier molecular flexibility index (Phi) is 3.17. The number of hydrogen-bond acceptors (Lipinski definition) is 3. The van der Waals surface area contributed by atoms with E-state index in [2.05, 4.69) is 36.1 Å². The average molecular weight is 220 g/mol. The van der Waals surface area contributed by atoms with E-state index in [1.165, 1.54) is 11.3 Å². The molecule has 2 rings (SSSR count). The number of nitrogens with two attached hydrogens (primary N) is 1. The summed E-state index contributed by atoms with van der Waals surface area (Å²) >= 11 is 0. The van der Waals surface area contributed by atoms with Crippen molar-refractivity contribution in [3.05, 3.63) is 29.8 Å². The largest absolute Gasteiger partial charge is 0.387 e. The van der Waals surface area contributed by atoms with Crippen LogP contribution in [-0.4, -0.2) is 30.3 Å². The fourth-order valence-corrected chi connectivity index (χ4v) is 2.32. The van der Waals surface area contributed by atoms with Gasteiger partial charge in [-0.1, -0.05) is 12.1 Å². The third-order valence-corrected chi connectivity index (χ3v) is 3.30. The summed E-state index contributed by atoms with van der Waals surface area (Å²) in [4.78, 5) is 2.23. The number of piperidine rings is 1. The Morgan fingerprint density at radius 2 is 2.31 bits per heavy atom. The number of aryl methyl sites for hydroxylation is 1. The van der Waals surface area contributed by atoms with Gasteiger partial charge < -0.3 is 15.7 Å². The van der Waals surface area contributed by atoms with Crippen LogP contribution in [0.3, 0.4) is 0 Å². The van der Waals surface area contributed by atoms with Gasteiger partial charge in [0.1, 0.15) is 0 Å². The van der Waals surface area contributed by atoms with Crippen molar-refractivity contribution in [3.8, 4) is 0 Å². The predicted octanol–water partition coefficient (Wildman–Crippen LogP) is 1.29. The molecule has 16 heavy (non-hydrogen) atoms. The van der Waals surface area contributed by atoms with Gasteiger partial charge in [-0.25, -0.2) is 0 Å². The first-order valence-corrected chi connectivity index (χ1v) is 5.87. The van der Waals surface area contributed by atoms with E-state index in [4.69, 9.17) is 5.73 Å². The number of benzene rings is 1. The van der Waals surface area contributed by atoms with Crippen LogP contribution in [0.1, 0.15) is 18.4 Å². The third-order valence-electron chi connectivity index (χ3n) is 3.30. The van der Waals surface area contributed by atoms with E-state index in [-0.39, 0.29) is 0 Å². The highest BCUT2D eigenvalue weighted by atomic mass is 16.3. The van der Waals surface area contributed by atoms with Gasteiger partial charge in [0, 0.05) is 25.3 Å². The normalized spacial score (nSPS) is 25.8. The van der Waals surface area contributed by atoms with Crippen LogP contribution in [0.4, 0.5) is 5.69 Å². The van der Waals surface area contributed by atoms with Gasteiger partial charge in [0.25, 0.3) is 0 Å². The molecule has 1 aliphatic rings. The zero-order valence-corrected chi connectivity index (χ0v) is 9.82. The van der Waals surface area contributed by atoms with Crippen LogP contribution in [0.5, 0.6) is 0 Å². The minimum atomic E-state index is -0.706. The second kappa shape index (κ2) is 4.44. The standard InChI is InChI=1S/C13H20N2O/c1-11-4-2-5-12(8-11)15-7-3-6-13(16,9-14)10-15/h2,4-5,8,16H,3,6-7,9-10,14H2,1H3. The molecule has 3 nitrogen and oxygen atoms in total. The van der Waals surface area contributed by atoms with E-state index < -0.39 is 5.60 Å². The Morgan fingerprint density at radius 3 is 3.00 bits per heavy atom. The zero-order chi connectivity index (χ0) is 11.6. The molecule has 1 aromatic rings. The fourth-order valence-electron chi connectivity index (χ4n) is 2.32. The van der Waals surface area contributed by atoms with E-state index in [1.54, 1.807) is 0 Å². The zero-order valence-electron chi connectivity index (χ0n) is 9.82. The van der Waals surface area contributed by atoms with Gasteiger partial charge in [-0.2, -0.15) is 0 Å². The maximum atomic E-state index is 10.2. The molecular weight excluding hydrogens is 200 g/mol. The highest BCUT2D eigenvalue weighted by Crippen LogP contribution is 2.25. The second-order valence-corrected chi connectivity index (χ2v) is 4.79. The number of aliphatic hydroxyl groups is 1. The van der Waals surface area contributed by atoms with Gasteiger partial charge in [0.15, 0.2) is 0 Å². The molecule has 1 fully saturated rings. The van der Waals surface area contributed by atoms with Gasteiger partial charge in [-0.05, 0) is 37.5 Å². The number of hydrogen-bond donors (Lipinski definition) is 2. The van der Waals surface area contributed by atoms with E-state index in [0.717, 1.165) is 19.4 Å². The van der Waals surface area contributed by atoms with E-state index in [9.17, 15) is 5.11 Å². The molecule has 88 valence electrons. The van der Waals surface area contributed by atoms with Crippen molar-refractivity contribution in [2.75, 3.05) is 24.5 Å². The number of rotatable bonds is 2. The van der Waals surface area contributed by atoms with Crippen LogP contribution in [-0.2, 0) is 0 Å². The average Bonchev–Trinajstić information content (AvgIpc) is 2.29. The van der Waals surface area contributed by atoms with Crippen LogP contribution in [0.2, 0.25) is 0 Å². The topological polar surface area (TPSA) is 49.5 Å². The first kappa shape index (κ1) is 11.4. The van der Waals surface area contributed by atoms with E-state index >= 15 is 0 Å². The van der Waals surface area contributed by atoms with E-state index in [1.807, 2.05) is 0 Å². The molecule has 1 unspecified atom stereocenters. The third kappa shape index (κ3) is 2.36. The summed E-state index contributed by atoms with van der Waals surface area (Å²) in [6.07, 6.45) is 1.81. The van der Waals surface area contributed by atoms with Gasteiger partial charge in [-0.15, -0.1) is 0 Å². The monoisotopic (exact) mass is 220 g/mol. The van der Waals surface area contributed by atoms with Gasteiger partial charge >= 0.3 is 0 Å². The van der Waals surface area contributed by atoms with Gasteiger partial charge in [-0.3, -0.25) is 0 Å². The molecule has 0 amide bonds. The first-order chi connectivity index (χ1) is 7.63. The quantitative estimate of drug-likeness (QED) is 0.789. The van der Waals surface area contributed by atoms with Crippen LogP contribution >= 0.6 is 0 Å². The Labute approximate surface area is 96.9 Å². The summed E-state index contributed by atoms with van der Waals surface area (Å²) in [7, 11) is 0. The molecule has 1 saturated heterocycles. The van der Waals surface area contributed by atoms with Crippen molar-refractivity contribution in [1.82, 2.24) is 0 Å². The molecule has 0 radical (unpaired) electrons. The van der Waals surface area contributed by atoms with Crippen molar-refractivity contribution in [2.45, 2.75) is 25.4 Å². The minimum Gasteiger partial charge on any atom is -0.387 e. The number of anilines is 1. The van der Waals surface area contributed by atoms with Crippen molar-refractivity contribution in [2.24, 2.45) is 5.73 Å². The summed E-state index contributed by atoms with van der Waals surface area (Å²) in [6.45, 7) is 4.08. The highest BCUT2D eigenvalue weighted by molar-refractivity contribution is 5.49. The molecule has 3 heteroatoms. The van der Waals surface area contributed by atoms with Crippen molar-refractivity contribution < 1.29 is 5.11 Å². The lowest BCUT2D eigenvalue weighted by Gasteiger charge is -2.39. The minimum absolute atomic E-state index is 0.343. The number of nitrogens with zero attached hydrogens (tertiary/aromatic N) is 1. The second-order valence-electron chi connectivity index (χ2n) is 4.79. The molecule has 0 aromatic heterocycles. The number of β-amino-alcohol motifs (C(OH)–C–C–N with tert-alkyl or cyclic N) is 1. The van der Waals surface area contributed by atoms with Crippen LogP contribution in [0.25, 0.3) is 0 Å². The Bertz CT molecular complexity index is 367. The molecule has 0 bridgehead atoms. The van der Waals surface area contributed by atoms with Gasteiger partial charge in [0.2, 0.25) is 0 Å². The smallest absolute Gasteiger partial charge is 0.0943 e. The lowest BCUT2D eigenvalue weighted by atomic mass is 9.92. The highest BCUT2D eigenvalue weighted by Gasteiger charge is 2.31. The predicted molar refractivity (Wildman–Crippen MR) is 66.6 cm³/mol. The fraction of sp³-hybridized carbons (Fsp3) is 0.538. The summed E-state index contributed by atoms with van der Waals surface area (Å²) in [5.74, 6) is 0. The summed E-state index contributed by atoms with van der Waals surface area (Å²) in [5.41, 5.74) is 7.36. The molecule has 0 saturated carbocycles. The molecule has 1 heterocycles. The van der Waals surface area contributed by atoms with Crippen molar-refractivity contribution in [1.29, 1.82) is 0 Å². The lowest BCUT2D eigenvalue weighted by molar-refractivity contribution is 0.0347.